The second-order valence-corrected chi connectivity index (χ2v) is 26.5. The molecule has 1 saturated heterocycles. The van der Waals surface area contributed by atoms with Crippen LogP contribution in [0.2, 0.25) is 0 Å². The van der Waals surface area contributed by atoms with Crippen molar-refractivity contribution >= 4 is 66.7 Å². The lowest BCUT2D eigenvalue weighted by Gasteiger charge is -2.32. The molecule has 17 rings (SSSR count). The first-order chi connectivity index (χ1) is 44.4. The summed E-state index contributed by atoms with van der Waals surface area (Å²) in [5, 5.41) is 10.1. The van der Waals surface area contributed by atoms with Gasteiger partial charge in [0.25, 0.3) is 0 Å². The van der Waals surface area contributed by atoms with Gasteiger partial charge in [-0.3, -0.25) is 0 Å². The van der Waals surface area contributed by atoms with Gasteiger partial charge >= 0.3 is 7.12 Å². The van der Waals surface area contributed by atoms with Gasteiger partial charge in [-0.15, -0.1) is 0 Å². The van der Waals surface area contributed by atoms with Gasteiger partial charge in [0.15, 0.2) is 0 Å². The molecule has 1 fully saturated rings. The Morgan fingerprint density at radius 1 is 0.264 bits per heavy atom. The highest BCUT2D eigenvalue weighted by atomic mass is 16.7. The molecule has 1 aliphatic heterocycles. The van der Waals surface area contributed by atoms with Crippen LogP contribution >= 0.6 is 0 Å². The van der Waals surface area contributed by atoms with Crippen molar-refractivity contribution in [3.63, 3.8) is 0 Å². The van der Waals surface area contributed by atoms with Crippen molar-refractivity contribution in [2.24, 2.45) is 0 Å². The topological polar surface area (TPSA) is 23.4 Å². The molecular formula is C87H66BNO2. The average Bonchev–Trinajstić information content (AvgIpc) is 1.71. The Morgan fingerprint density at radius 2 is 0.626 bits per heavy atom. The highest BCUT2D eigenvalue weighted by Gasteiger charge is 2.51. The molecule has 0 N–H and O–H groups in total. The number of hydrogen-bond acceptors (Lipinski definition) is 2. The first-order valence-electron chi connectivity index (χ1n) is 32.0. The normalized spacial score (nSPS) is 14.6. The quantitative estimate of drug-likeness (QED) is 0.106. The summed E-state index contributed by atoms with van der Waals surface area (Å²) < 4.78 is 15.9. The number of benzene rings is 14. The molecule has 3 nitrogen and oxygen atoms in total. The summed E-state index contributed by atoms with van der Waals surface area (Å²) in [4.78, 5) is 0. The molecule has 15 aromatic rings. The van der Waals surface area contributed by atoms with Gasteiger partial charge in [0, 0.05) is 21.9 Å². The molecule has 0 unspecified atom stereocenters. The molecule has 2 heterocycles. The zero-order valence-corrected chi connectivity index (χ0v) is 52.1. The number of hydrogen-bond donors (Lipinski definition) is 0. The van der Waals surface area contributed by atoms with Crippen molar-refractivity contribution < 1.29 is 9.31 Å². The van der Waals surface area contributed by atoms with Gasteiger partial charge < -0.3 is 13.9 Å². The second kappa shape index (κ2) is 20.9. The van der Waals surface area contributed by atoms with Gasteiger partial charge in [0.05, 0.1) is 22.2 Å². The van der Waals surface area contributed by atoms with Crippen LogP contribution in [0.3, 0.4) is 0 Å². The molecule has 14 aromatic carbocycles. The molecular weight excluding hydrogens is 1100 g/mol. The van der Waals surface area contributed by atoms with E-state index in [-0.39, 0.29) is 5.41 Å². The zero-order chi connectivity index (χ0) is 61.3. The third-order valence-corrected chi connectivity index (χ3v) is 20.4. The third kappa shape index (κ3) is 8.65. The van der Waals surface area contributed by atoms with Crippen molar-refractivity contribution in [3.05, 3.63) is 302 Å². The molecule has 91 heavy (non-hydrogen) atoms. The maximum absolute atomic E-state index is 6.68. The summed E-state index contributed by atoms with van der Waals surface area (Å²) in [6.07, 6.45) is 0. The Kier molecular flexibility index (Phi) is 12.6. The number of aromatic nitrogens is 1. The van der Waals surface area contributed by atoms with Crippen LogP contribution < -0.4 is 5.46 Å². The lowest BCUT2D eigenvalue weighted by molar-refractivity contribution is 0.00578. The van der Waals surface area contributed by atoms with E-state index in [0.717, 1.165) is 66.7 Å². The molecule has 2 aliphatic rings. The molecule has 0 atom stereocenters. The Labute approximate surface area is 532 Å². The van der Waals surface area contributed by atoms with Gasteiger partial charge in [-0.25, -0.2) is 0 Å². The largest absolute Gasteiger partial charge is 0.494 e. The molecule has 4 heteroatoms. The minimum atomic E-state index is -0.504. The predicted octanol–water partition coefficient (Wildman–Crippen LogP) is 22.5. The van der Waals surface area contributed by atoms with Crippen LogP contribution in [0.4, 0.5) is 0 Å². The van der Waals surface area contributed by atoms with Crippen LogP contribution in [-0.2, 0) is 14.7 Å². The SMILES string of the molecule is CC1(C)c2ccccc2-c2cc3c4cc(-c5ccc6c7ccccc7c7ccccc7c6c5)ccc4n(-c4ccc(-c5c(-c6ccccc6)c(-c6ccccc6)c(-c6ccccc6)c(-c6ccccc6)c5-c5ccc(B6OC(C)(C)C(C)(C)O6)cc5)cc4)c3cc21. The molecule has 1 aliphatic carbocycles. The van der Waals surface area contributed by atoms with E-state index in [9.17, 15) is 0 Å². The smallest absolute Gasteiger partial charge is 0.399 e. The zero-order valence-electron chi connectivity index (χ0n) is 52.1. The third-order valence-electron chi connectivity index (χ3n) is 20.4. The van der Waals surface area contributed by atoms with Gasteiger partial charge in [-0.2, -0.15) is 0 Å². The molecule has 0 amide bonds. The van der Waals surface area contributed by atoms with E-state index in [2.05, 4.69) is 337 Å². The Balaban J connectivity index is 0.920. The number of rotatable bonds is 9. The number of nitrogens with zero attached hydrogens (tertiary/aromatic N) is 1. The number of fused-ring (bicyclic) bond motifs is 12. The summed E-state index contributed by atoms with van der Waals surface area (Å²) in [7, 11) is -0.504. The van der Waals surface area contributed by atoms with E-state index < -0.39 is 18.3 Å². The lowest BCUT2D eigenvalue weighted by Crippen LogP contribution is -2.41. The first kappa shape index (κ1) is 54.8. The van der Waals surface area contributed by atoms with Crippen LogP contribution in [0, 0.1) is 0 Å². The molecule has 434 valence electrons. The molecule has 1 aromatic heterocycles. The highest BCUT2D eigenvalue weighted by Crippen LogP contribution is 2.57. The van der Waals surface area contributed by atoms with E-state index in [1.807, 2.05) is 0 Å². The summed E-state index contributed by atoms with van der Waals surface area (Å²) in [5.41, 5.74) is 24.7. The minimum absolute atomic E-state index is 0.194. The van der Waals surface area contributed by atoms with Crippen LogP contribution in [0.5, 0.6) is 0 Å². The maximum atomic E-state index is 6.68. The minimum Gasteiger partial charge on any atom is -0.399 e. The van der Waals surface area contributed by atoms with E-state index >= 15 is 0 Å². The molecule has 0 radical (unpaired) electrons. The van der Waals surface area contributed by atoms with Gasteiger partial charge in [-0.05, 0) is 208 Å². The molecule has 0 saturated carbocycles. The Bertz CT molecular complexity index is 5350. The van der Waals surface area contributed by atoms with Crippen LogP contribution in [0.15, 0.2) is 291 Å². The summed E-state index contributed by atoms with van der Waals surface area (Å²) >= 11 is 0. The fraction of sp³-hybridized carbons (Fsp3) is 0.103. The summed E-state index contributed by atoms with van der Waals surface area (Å²) in [5.74, 6) is 0. The van der Waals surface area contributed by atoms with Crippen molar-refractivity contribution in [1.29, 1.82) is 0 Å². The molecule has 0 bridgehead atoms. The van der Waals surface area contributed by atoms with Crippen molar-refractivity contribution in [2.75, 3.05) is 0 Å². The molecule has 0 spiro atoms. The Morgan fingerprint density at radius 3 is 1.11 bits per heavy atom. The summed E-state index contributed by atoms with van der Waals surface area (Å²) in [6.45, 7) is 13.3. The predicted molar refractivity (Wildman–Crippen MR) is 385 cm³/mol. The second-order valence-electron chi connectivity index (χ2n) is 26.5. The first-order valence-corrected chi connectivity index (χ1v) is 32.0. The standard InChI is InChI=1S/C87H66BNO2/c1-85(2)75-38-24-23-37-70(75)72-53-74-73-52-62(61-43-49-69-67-35-20-19-33-65(67)66-34-21-22-36-68(66)71(69)51-61)44-50-77(73)89(78(74)54-76(72)85)64-47-41-60(42-48-64)84-82(58-31-17-10-18-32-58)80(56-27-13-8-14-28-56)79(55-25-11-7-12-26-55)81(57-29-15-9-16-30-57)83(84)59-39-45-63(46-40-59)88-90-86(3,4)87(5,6)91-88/h7-54H,1-6H3. The van der Waals surface area contributed by atoms with Crippen molar-refractivity contribution in [2.45, 2.75) is 58.2 Å². The van der Waals surface area contributed by atoms with Crippen LogP contribution in [-0.4, -0.2) is 22.9 Å². The highest BCUT2D eigenvalue weighted by molar-refractivity contribution is 6.62. The Hall–Kier alpha value is -10.4. The van der Waals surface area contributed by atoms with E-state index in [1.54, 1.807) is 0 Å². The van der Waals surface area contributed by atoms with Crippen molar-refractivity contribution in [1.82, 2.24) is 4.57 Å². The van der Waals surface area contributed by atoms with Gasteiger partial charge in [0.2, 0.25) is 0 Å². The maximum Gasteiger partial charge on any atom is 0.494 e. The van der Waals surface area contributed by atoms with E-state index in [4.69, 9.17) is 9.31 Å². The van der Waals surface area contributed by atoms with Gasteiger partial charge in [0.1, 0.15) is 0 Å². The average molecular weight is 1170 g/mol. The summed E-state index contributed by atoms with van der Waals surface area (Å²) in [6, 6.07) is 109. The van der Waals surface area contributed by atoms with Crippen molar-refractivity contribution in [3.8, 4) is 94.7 Å². The van der Waals surface area contributed by atoms with Gasteiger partial charge in [-0.1, -0.05) is 263 Å². The monoisotopic (exact) mass is 1170 g/mol. The van der Waals surface area contributed by atoms with E-state index in [0.29, 0.717) is 0 Å². The fourth-order valence-electron chi connectivity index (χ4n) is 15.2. The lowest BCUT2D eigenvalue weighted by atomic mass is 9.73. The van der Waals surface area contributed by atoms with Crippen LogP contribution in [0.1, 0.15) is 52.7 Å². The van der Waals surface area contributed by atoms with E-state index in [1.165, 1.54) is 98.7 Å². The fourth-order valence-corrected chi connectivity index (χ4v) is 15.2. The van der Waals surface area contributed by atoms with Crippen LogP contribution in [0.25, 0.3) is 149 Å².